The van der Waals surface area contributed by atoms with E-state index in [1.807, 2.05) is 6.07 Å². The zero-order valence-corrected chi connectivity index (χ0v) is 19.8. The van der Waals surface area contributed by atoms with Crippen molar-refractivity contribution in [1.82, 2.24) is 15.0 Å². The third-order valence-corrected chi connectivity index (χ3v) is 8.51. The van der Waals surface area contributed by atoms with Crippen LogP contribution in [0.4, 0.5) is 0 Å². The predicted molar refractivity (Wildman–Crippen MR) is 124 cm³/mol. The third kappa shape index (κ3) is 6.00. The highest BCUT2D eigenvalue weighted by Crippen LogP contribution is 2.25. The monoisotopic (exact) mass is 477 g/mol. The molecule has 2 heterocycles. The summed E-state index contributed by atoms with van der Waals surface area (Å²) in [6.07, 6.45) is 10.2. The molecule has 1 fully saturated rings. The molecule has 1 aliphatic rings. The highest BCUT2D eigenvalue weighted by Gasteiger charge is 2.43. The van der Waals surface area contributed by atoms with Crippen LogP contribution in [0.2, 0.25) is 0 Å². The fourth-order valence-corrected chi connectivity index (χ4v) is 4.83. The van der Waals surface area contributed by atoms with Gasteiger partial charge >= 0.3 is 0 Å². The second kappa shape index (κ2) is 10.5. The Balaban J connectivity index is 1.66. The molecular formula is C23H31N3O6S. The van der Waals surface area contributed by atoms with Crippen LogP contribution in [0.3, 0.4) is 0 Å². The summed E-state index contributed by atoms with van der Waals surface area (Å²) in [6.45, 7) is 1.88. The summed E-state index contributed by atoms with van der Waals surface area (Å²) in [5, 5.41) is 8.92. The molecular weight excluding hydrogens is 446 g/mol. The van der Waals surface area contributed by atoms with E-state index >= 15 is 0 Å². The number of carbonyl (C=O) groups excluding carboxylic acids is 1. The lowest BCUT2D eigenvalue weighted by Crippen LogP contribution is -2.49. The SMILES string of the molecule is CC(CCn1ccc(-c2ccc(OCC3CCCCC3)nc2)cc1=O)(C(=O)NO)S(C)(=O)=O. The molecule has 1 saturated carbocycles. The number of ether oxygens (including phenoxy) is 1. The van der Waals surface area contributed by atoms with Gasteiger partial charge in [0, 0.05) is 42.9 Å². The number of nitrogens with one attached hydrogen (secondary N) is 1. The zero-order chi connectivity index (χ0) is 24.1. The second-order valence-electron chi connectivity index (χ2n) is 8.84. The van der Waals surface area contributed by atoms with Crippen molar-refractivity contribution in [2.75, 3.05) is 12.9 Å². The first kappa shape index (κ1) is 24.9. The molecule has 1 aliphatic carbocycles. The topological polar surface area (TPSA) is 128 Å². The van der Waals surface area contributed by atoms with E-state index in [0.29, 0.717) is 24.0 Å². The van der Waals surface area contributed by atoms with Crippen molar-refractivity contribution in [2.45, 2.75) is 56.7 Å². The van der Waals surface area contributed by atoms with Crippen molar-refractivity contribution in [1.29, 1.82) is 0 Å². The maximum Gasteiger partial charge on any atom is 0.264 e. The molecule has 0 bridgehead atoms. The van der Waals surface area contributed by atoms with E-state index in [4.69, 9.17) is 9.94 Å². The molecule has 1 amide bonds. The number of hydroxylamine groups is 1. The first-order valence-electron chi connectivity index (χ1n) is 11.1. The summed E-state index contributed by atoms with van der Waals surface area (Å²) >= 11 is 0. The summed E-state index contributed by atoms with van der Waals surface area (Å²) in [7, 11) is -3.83. The van der Waals surface area contributed by atoms with E-state index < -0.39 is 20.5 Å². The number of hydrogen-bond donors (Lipinski definition) is 2. The summed E-state index contributed by atoms with van der Waals surface area (Å²) in [6, 6.07) is 6.79. The average molecular weight is 478 g/mol. The van der Waals surface area contributed by atoms with Gasteiger partial charge in [0.25, 0.3) is 11.5 Å². The number of hydrogen-bond acceptors (Lipinski definition) is 7. The van der Waals surface area contributed by atoms with Gasteiger partial charge in [-0.3, -0.25) is 14.8 Å². The minimum Gasteiger partial charge on any atom is -0.477 e. The summed E-state index contributed by atoms with van der Waals surface area (Å²) in [5.41, 5.74) is 2.48. The van der Waals surface area contributed by atoms with E-state index in [-0.39, 0.29) is 18.5 Å². The molecule has 0 aromatic carbocycles. The van der Waals surface area contributed by atoms with Crippen LogP contribution in [-0.2, 0) is 21.2 Å². The minimum atomic E-state index is -3.83. The highest BCUT2D eigenvalue weighted by atomic mass is 32.2. The molecule has 180 valence electrons. The molecule has 0 aliphatic heterocycles. The van der Waals surface area contributed by atoms with Gasteiger partial charge in [-0.1, -0.05) is 19.3 Å². The molecule has 0 saturated heterocycles. The van der Waals surface area contributed by atoms with E-state index in [1.54, 1.807) is 24.5 Å². The van der Waals surface area contributed by atoms with Crippen molar-refractivity contribution in [3.63, 3.8) is 0 Å². The standard InChI is InChI=1S/C23H31N3O6S/c1-23(22(28)25-29,33(2,30)31)11-13-26-12-10-18(14-21(26)27)19-8-9-20(24-15-19)32-16-17-6-4-3-5-7-17/h8-10,12,14-15,17,29H,3-7,11,13,16H2,1-2H3,(H,25,28). The van der Waals surface area contributed by atoms with Gasteiger partial charge < -0.3 is 9.30 Å². The van der Waals surface area contributed by atoms with Crippen LogP contribution in [0.25, 0.3) is 11.1 Å². The fourth-order valence-electron chi connectivity index (χ4n) is 3.98. The maximum atomic E-state index is 12.6. The molecule has 0 radical (unpaired) electrons. The Morgan fingerprint density at radius 1 is 1.24 bits per heavy atom. The van der Waals surface area contributed by atoms with Crippen molar-refractivity contribution < 1.29 is 23.2 Å². The molecule has 2 aromatic rings. The van der Waals surface area contributed by atoms with E-state index in [0.717, 1.165) is 11.8 Å². The molecule has 2 N–H and O–H groups in total. The van der Waals surface area contributed by atoms with Crippen molar-refractivity contribution in [2.24, 2.45) is 5.92 Å². The van der Waals surface area contributed by atoms with Crippen LogP contribution in [0, 0.1) is 5.92 Å². The minimum absolute atomic E-state index is 0.0116. The van der Waals surface area contributed by atoms with Gasteiger partial charge in [0.2, 0.25) is 5.88 Å². The van der Waals surface area contributed by atoms with Gasteiger partial charge in [-0.25, -0.2) is 18.9 Å². The fraction of sp³-hybridized carbons (Fsp3) is 0.522. The summed E-state index contributed by atoms with van der Waals surface area (Å²) < 4.78 is 29.5. The lowest BCUT2D eigenvalue weighted by molar-refractivity contribution is -0.131. The molecule has 9 nitrogen and oxygen atoms in total. The Kier molecular flexibility index (Phi) is 7.91. The first-order valence-corrected chi connectivity index (χ1v) is 13.0. The van der Waals surface area contributed by atoms with Crippen molar-refractivity contribution >= 4 is 15.7 Å². The quantitative estimate of drug-likeness (QED) is 0.420. The molecule has 33 heavy (non-hydrogen) atoms. The van der Waals surface area contributed by atoms with Gasteiger partial charge in [0.15, 0.2) is 14.6 Å². The second-order valence-corrected chi connectivity index (χ2v) is 11.3. The van der Waals surface area contributed by atoms with Crippen molar-refractivity contribution in [3.8, 4) is 17.0 Å². The van der Waals surface area contributed by atoms with E-state index in [9.17, 15) is 18.0 Å². The van der Waals surface area contributed by atoms with Gasteiger partial charge in [0.1, 0.15) is 0 Å². The number of aryl methyl sites for hydroxylation is 1. The van der Waals surface area contributed by atoms with Crippen LogP contribution >= 0.6 is 0 Å². The number of amides is 1. The van der Waals surface area contributed by atoms with Crippen LogP contribution < -0.4 is 15.8 Å². The van der Waals surface area contributed by atoms with Crippen LogP contribution in [0.5, 0.6) is 5.88 Å². The molecule has 10 heteroatoms. The van der Waals surface area contributed by atoms with E-state index in [2.05, 4.69) is 4.98 Å². The summed E-state index contributed by atoms with van der Waals surface area (Å²) in [4.78, 5) is 28.9. The number of rotatable bonds is 9. The zero-order valence-electron chi connectivity index (χ0n) is 19.0. The van der Waals surface area contributed by atoms with E-state index in [1.165, 1.54) is 55.1 Å². The van der Waals surface area contributed by atoms with Gasteiger partial charge in [-0.05, 0) is 49.8 Å². The molecule has 0 spiro atoms. The number of pyridine rings is 2. The lowest BCUT2D eigenvalue weighted by atomic mass is 9.90. The normalized spacial score (nSPS) is 16.7. The Bertz CT molecular complexity index is 1120. The molecule has 1 atom stereocenters. The smallest absolute Gasteiger partial charge is 0.264 e. The largest absolute Gasteiger partial charge is 0.477 e. The average Bonchev–Trinajstić information content (AvgIpc) is 2.81. The number of nitrogens with zero attached hydrogens (tertiary/aromatic N) is 2. The maximum absolute atomic E-state index is 12.6. The third-order valence-electron chi connectivity index (χ3n) is 6.49. The van der Waals surface area contributed by atoms with Crippen LogP contribution in [0.15, 0.2) is 41.5 Å². The Hall–Kier alpha value is -2.72. The van der Waals surface area contributed by atoms with Gasteiger partial charge in [0.05, 0.1) is 6.61 Å². The Morgan fingerprint density at radius 3 is 2.55 bits per heavy atom. The number of sulfone groups is 1. The lowest BCUT2D eigenvalue weighted by Gasteiger charge is -2.25. The number of aromatic nitrogens is 2. The van der Waals surface area contributed by atoms with Crippen LogP contribution in [-0.4, -0.2) is 46.7 Å². The van der Waals surface area contributed by atoms with Crippen LogP contribution in [0.1, 0.15) is 45.4 Å². The first-order chi connectivity index (χ1) is 15.6. The van der Waals surface area contributed by atoms with Gasteiger partial charge in [-0.15, -0.1) is 0 Å². The predicted octanol–water partition coefficient (Wildman–Crippen LogP) is 2.57. The number of carbonyl (C=O) groups is 1. The molecule has 3 rings (SSSR count). The van der Waals surface area contributed by atoms with Gasteiger partial charge in [-0.2, -0.15) is 0 Å². The summed E-state index contributed by atoms with van der Waals surface area (Å²) in [5.74, 6) is 0.104. The molecule has 1 unspecified atom stereocenters. The molecule has 2 aromatic heterocycles. The van der Waals surface area contributed by atoms with Crippen molar-refractivity contribution in [3.05, 3.63) is 47.0 Å². The highest BCUT2D eigenvalue weighted by molar-refractivity contribution is 7.92. The Morgan fingerprint density at radius 2 is 1.97 bits per heavy atom. The Labute approximate surface area is 193 Å².